The molecule has 0 aromatic heterocycles. The lowest BCUT2D eigenvalue weighted by atomic mass is 10.0. The highest BCUT2D eigenvalue weighted by Gasteiger charge is 2.12. The van der Waals surface area contributed by atoms with Gasteiger partial charge in [-0.1, -0.05) is 30.9 Å². The summed E-state index contributed by atoms with van der Waals surface area (Å²) < 4.78 is 0. The van der Waals surface area contributed by atoms with Gasteiger partial charge in [-0.05, 0) is 43.0 Å². The molecule has 0 spiro atoms. The monoisotopic (exact) mass is 240 g/mol. The molecule has 0 bridgehead atoms. The Morgan fingerprint density at radius 3 is 2.83 bits per heavy atom. The lowest BCUT2D eigenvalue weighted by Crippen LogP contribution is -2.19. The number of anilines is 2. The van der Waals surface area contributed by atoms with Gasteiger partial charge in [-0.15, -0.1) is 0 Å². The van der Waals surface area contributed by atoms with Gasteiger partial charge in [0.2, 0.25) is 0 Å². The third-order valence-electron chi connectivity index (χ3n) is 3.34. The smallest absolute Gasteiger partial charge is 0.0644 e. The molecule has 0 saturated carbocycles. The van der Waals surface area contributed by atoms with Gasteiger partial charge < -0.3 is 10.6 Å². The molecule has 0 unspecified atom stereocenters. The van der Waals surface area contributed by atoms with Crippen LogP contribution in [0.1, 0.15) is 18.4 Å². The molecule has 94 valence electrons. The maximum atomic E-state index is 6.04. The van der Waals surface area contributed by atoms with Gasteiger partial charge in [0.25, 0.3) is 0 Å². The van der Waals surface area contributed by atoms with Gasteiger partial charge in [0.15, 0.2) is 0 Å². The summed E-state index contributed by atoms with van der Waals surface area (Å²) in [6, 6.07) is 6.07. The Kier molecular flexibility index (Phi) is 3.56. The number of nitrogens with zero attached hydrogens (tertiary/aromatic N) is 1. The van der Waals surface area contributed by atoms with Crippen LogP contribution in [0.15, 0.2) is 54.3 Å². The molecule has 0 heterocycles. The minimum absolute atomic E-state index is 0.788. The van der Waals surface area contributed by atoms with Gasteiger partial charge in [0.05, 0.1) is 11.4 Å². The number of nitrogen functional groups attached to an aromatic ring is 1. The quantitative estimate of drug-likeness (QED) is 0.814. The molecule has 2 nitrogen and oxygen atoms in total. The van der Waals surface area contributed by atoms with Crippen molar-refractivity contribution in [3.63, 3.8) is 0 Å². The van der Waals surface area contributed by atoms with E-state index in [1.165, 1.54) is 11.1 Å². The van der Waals surface area contributed by atoms with Crippen LogP contribution in [0.2, 0.25) is 0 Å². The van der Waals surface area contributed by atoms with Crippen molar-refractivity contribution in [1.29, 1.82) is 0 Å². The summed E-state index contributed by atoms with van der Waals surface area (Å²) in [7, 11) is 2.02. The Morgan fingerprint density at radius 2 is 2.17 bits per heavy atom. The van der Waals surface area contributed by atoms with E-state index < -0.39 is 0 Å². The number of aryl methyl sites for hydroxylation is 1. The fourth-order valence-corrected chi connectivity index (χ4v) is 2.15. The van der Waals surface area contributed by atoms with Crippen LogP contribution in [-0.2, 0) is 0 Å². The van der Waals surface area contributed by atoms with Gasteiger partial charge in [-0.3, -0.25) is 0 Å². The number of hydrogen-bond acceptors (Lipinski definition) is 2. The van der Waals surface area contributed by atoms with Gasteiger partial charge >= 0.3 is 0 Å². The molecule has 2 heteroatoms. The first kappa shape index (κ1) is 12.5. The lowest BCUT2D eigenvalue weighted by molar-refractivity contribution is 0.942. The molecule has 1 aliphatic carbocycles. The van der Waals surface area contributed by atoms with Crippen molar-refractivity contribution < 1.29 is 0 Å². The van der Waals surface area contributed by atoms with Gasteiger partial charge in [0, 0.05) is 12.7 Å². The molecule has 0 atom stereocenters. The second-order valence-electron chi connectivity index (χ2n) is 4.73. The third-order valence-corrected chi connectivity index (χ3v) is 3.34. The molecule has 0 fully saturated rings. The predicted molar refractivity (Wildman–Crippen MR) is 79.6 cm³/mol. The zero-order valence-corrected chi connectivity index (χ0v) is 11.1. The second-order valence-corrected chi connectivity index (χ2v) is 4.73. The Labute approximate surface area is 109 Å². The average Bonchev–Trinajstić information content (AvgIpc) is 2.41. The Morgan fingerprint density at radius 1 is 1.39 bits per heavy atom. The molecule has 18 heavy (non-hydrogen) atoms. The summed E-state index contributed by atoms with van der Waals surface area (Å²) in [6.45, 7) is 6.27. The minimum Gasteiger partial charge on any atom is -0.397 e. The molecule has 2 N–H and O–H groups in total. The zero-order valence-electron chi connectivity index (χ0n) is 11.1. The van der Waals surface area contributed by atoms with Crippen LogP contribution in [0, 0.1) is 6.92 Å². The summed E-state index contributed by atoms with van der Waals surface area (Å²) in [6.07, 6.45) is 8.54. The average molecular weight is 240 g/mol. The van der Waals surface area contributed by atoms with Gasteiger partial charge in [-0.25, -0.2) is 0 Å². The van der Waals surface area contributed by atoms with Gasteiger partial charge in [0.1, 0.15) is 0 Å². The fourth-order valence-electron chi connectivity index (χ4n) is 2.15. The molecular formula is C16H20N2. The summed E-state index contributed by atoms with van der Waals surface area (Å²) in [5, 5.41) is 0. The number of rotatable bonds is 3. The van der Waals surface area contributed by atoms with E-state index in [9.17, 15) is 0 Å². The number of benzene rings is 1. The summed E-state index contributed by atoms with van der Waals surface area (Å²) in [5.74, 6) is 0. The SMILES string of the molecule is C=C(C1=CC=CCC1)N(C)c1cc(C)ccc1N. The molecule has 0 aliphatic heterocycles. The Balaban J connectivity index is 2.28. The van der Waals surface area contributed by atoms with E-state index in [0.717, 1.165) is 29.9 Å². The van der Waals surface area contributed by atoms with Crippen LogP contribution in [0.5, 0.6) is 0 Å². The molecule has 1 aromatic rings. The first-order chi connectivity index (χ1) is 8.59. The topological polar surface area (TPSA) is 29.3 Å². The lowest BCUT2D eigenvalue weighted by Gasteiger charge is -2.26. The number of hydrogen-bond donors (Lipinski definition) is 1. The Bertz CT molecular complexity index is 524. The zero-order chi connectivity index (χ0) is 13.1. The van der Waals surface area contributed by atoms with Crippen LogP contribution in [0.4, 0.5) is 11.4 Å². The van der Waals surface area contributed by atoms with Crippen molar-refractivity contribution in [2.24, 2.45) is 0 Å². The molecule has 1 aromatic carbocycles. The first-order valence-corrected chi connectivity index (χ1v) is 6.24. The molecule has 0 radical (unpaired) electrons. The van der Waals surface area contributed by atoms with Crippen LogP contribution < -0.4 is 10.6 Å². The van der Waals surface area contributed by atoms with Crippen LogP contribution in [-0.4, -0.2) is 7.05 Å². The second kappa shape index (κ2) is 5.13. The predicted octanol–water partition coefficient (Wildman–Crippen LogP) is 3.80. The van der Waals surface area contributed by atoms with E-state index in [1.54, 1.807) is 0 Å². The maximum Gasteiger partial charge on any atom is 0.0644 e. The highest BCUT2D eigenvalue weighted by Crippen LogP contribution is 2.30. The fraction of sp³-hybridized carbons (Fsp3) is 0.250. The van der Waals surface area contributed by atoms with Crippen molar-refractivity contribution in [2.75, 3.05) is 17.7 Å². The van der Waals surface area contributed by atoms with E-state index in [1.807, 2.05) is 19.2 Å². The maximum absolute atomic E-state index is 6.04. The van der Waals surface area contributed by atoms with Gasteiger partial charge in [-0.2, -0.15) is 0 Å². The van der Waals surface area contributed by atoms with E-state index in [2.05, 4.69) is 42.7 Å². The summed E-state index contributed by atoms with van der Waals surface area (Å²) in [4.78, 5) is 2.08. The van der Waals surface area contributed by atoms with Crippen LogP contribution in [0.25, 0.3) is 0 Å². The Hall–Kier alpha value is -1.96. The number of allylic oxidation sites excluding steroid dienone is 4. The van der Waals surface area contributed by atoms with Crippen molar-refractivity contribution >= 4 is 11.4 Å². The van der Waals surface area contributed by atoms with Crippen molar-refractivity contribution in [3.8, 4) is 0 Å². The summed E-state index contributed by atoms with van der Waals surface area (Å²) in [5.41, 5.74) is 11.4. The minimum atomic E-state index is 0.788. The van der Waals surface area contributed by atoms with E-state index in [0.29, 0.717) is 0 Å². The highest BCUT2D eigenvalue weighted by molar-refractivity contribution is 5.71. The molecule has 0 saturated heterocycles. The largest absolute Gasteiger partial charge is 0.397 e. The van der Waals surface area contributed by atoms with Crippen LogP contribution >= 0.6 is 0 Å². The standard InChI is InChI=1S/C16H20N2/c1-12-9-10-15(17)16(11-12)18(3)13(2)14-7-5-4-6-8-14/h4-5,7,9-11H,2,6,8,17H2,1,3H3. The van der Waals surface area contributed by atoms with E-state index in [-0.39, 0.29) is 0 Å². The van der Waals surface area contributed by atoms with Crippen molar-refractivity contribution in [3.05, 3.63) is 59.8 Å². The van der Waals surface area contributed by atoms with Crippen molar-refractivity contribution in [1.82, 2.24) is 0 Å². The molecular weight excluding hydrogens is 220 g/mol. The van der Waals surface area contributed by atoms with Crippen molar-refractivity contribution in [2.45, 2.75) is 19.8 Å². The third kappa shape index (κ3) is 2.48. The molecule has 2 rings (SSSR count). The highest BCUT2D eigenvalue weighted by atomic mass is 15.1. The van der Waals surface area contributed by atoms with Crippen LogP contribution in [0.3, 0.4) is 0 Å². The molecule has 1 aliphatic rings. The molecule has 0 amide bonds. The first-order valence-electron chi connectivity index (χ1n) is 6.24. The number of likely N-dealkylation sites (N-methyl/N-ethyl adjacent to an activating group) is 1. The normalized spacial score (nSPS) is 14.2. The number of nitrogens with two attached hydrogens (primary N) is 1. The summed E-state index contributed by atoms with van der Waals surface area (Å²) >= 11 is 0. The van der Waals surface area contributed by atoms with E-state index >= 15 is 0 Å². The van der Waals surface area contributed by atoms with E-state index in [4.69, 9.17) is 5.73 Å².